The third-order valence-electron chi connectivity index (χ3n) is 1.89. The van der Waals surface area contributed by atoms with E-state index >= 15 is 0 Å². The second-order valence-corrected chi connectivity index (χ2v) is 3.22. The first-order chi connectivity index (χ1) is 6.18. The number of fused-ring (bicyclic) bond motifs is 1. The van der Waals surface area contributed by atoms with E-state index in [1.165, 1.54) is 6.33 Å². The molecule has 2 aromatic rings. The van der Waals surface area contributed by atoms with Crippen molar-refractivity contribution >= 4 is 11.2 Å². The molecule has 0 unspecified atom stereocenters. The minimum Gasteiger partial charge on any atom is -0.303 e. The summed E-state index contributed by atoms with van der Waals surface area (Å²) in [5.41, 5.74) is 1.91. The summed E-state index contributed by atoms with van der Waals surface area (Å²) in [6.45, 7) is 4.04. The highest BCUT2D eigenvalue weighted by Crippen LogP contribution is 2.16. The Kier molecular flexibility index (Phi) is 1.65. The predicted octanol–water partition coefficient (Wildman–Crippen LogP) is 0.770. The highest BCUT2D eigenvalue weighted by Gasteiger charge is 2.09. The fourth-order valence-electron chi connectivity index (χ4n) is 1.31. The average Bonchev–Trinajstić information content (AvgIpc) is 2.43. The molecule has 0 radical (unpaired) electrons. The van der Waals surface area contributed by atoms with E-state index in [4.69, 9.17) is 0 Å². The fourth-order valence-corrected chi connectivity index (χ4v) is 1.31. The van der Waals surface area contributed by atoms with Gasteiger partial charge < -0.3 is 4.98 Å². The van der Waals surface area contributed by atoms with Gasteiger partial charge in [-0.25, -0.2) is 14.8 Å². The lowest BCUT2D eigenvalue weighted by molar-refractivity contribution is 0.825. The molecule has 5 nitrogen and oxygen atoms in total. The Labute approximate surface area is 74.2 Å². The molecular formula is C8H10N4O. The first-order valence-electron chi connectivity index (χ1n) is 4.11. The van der Waals surface area contributed by atoms with Crippen molar-refractivity contribution in [1.82, 2.24) is 19.9 Å². The average molecular weight is 178 g/mol. The summed E-state index contributed by atoms with van der Waals surface area (Å²) in [5.74, 6) is 0.275. The van der Waals surface area contributed by atoms with Crippen LogP contribution in [0.2, 0.25) is 0 Å². The van der Waals surface area contributed by atoms with E-state index in [9.17, 15) is 4.79 Å². The van der Waals surface area contributed by atoms with Gasteiger partial charge in [0, 0.05) is 0 Å². The summed E-state index contributed by atoms with van der Waals surface area (Å²) >= 11 is 0. The number of H-pyrrole nitrogens is 2. The Bertz CT molecular complexity index is 482. The molecule has 68 valence electrons. The monoisotopic (exact) mass is 178 g/mol. The normalized spacial score (nSPS) is 11.3. The number of rotatable bonds is 1. The minimum atomic E-state index is -0.239. The third kappa shape index (κ3) is 1.22. The Morgan fingerprint density at radius 2 is 2.08 bits per heavy atom. The molecule has 0 fully saturated rings. The maximum atomic E-state index is 11.0. The number of aromatic amines is 2. The first-order valence-corrected chi connectivity index (χ1v) is 4.11. The van der Waals surface area contributed by atoms with Crippen LogP contribution in [0.15, 0.2) is 11.1 Å². The van der Waals surface area contributed by atoms with Gasteiger partial charge in [0.05, 0.1) is 5.69 Å². The maximum absolute atomic E-state index is 11.0. The Morgan fingerprint density at radius 3 is 2.77 bits per heavy atom. The molecule has 0 atom stereocenters. The van der Waals surface area contributed by atoms with Crippen LogP contribution in [0.25, 0.3) is 11.2 Å². The van der Waals surface area contributed by atoms with Crippen LogP contribution in [0.1, 0.15) is 25.5 Å². The molecule has 5 heteroatoms. The molecule has 2 aromatic heterocycles. The highest BCUT2D eigenvalue weighted by atomic mass is 16.1. The number of aromatic nitrogens is 4. The van der Waals surface area contributed by atoms with Gasteiger partial charge in [-0.1, -0.05) is 13.8 Å². The van der Waals surface area contributed by atoms with Crippen molar-refractivity contribution in [3.63, 3.8) is 0 Å². The van der Waals surface area contributed by atoms with Gasteiger partial charge in [-0.15, -0.1) is 0 Å². The number of hydrogen-bond acceptors (Lipinski definition) is 3. The van der Waals surface area contributed by atoms with E-state index in [2.05, 4.69) is 19.9 Å². The van der Waals surface area contributed by atoms with Crippen molar-refractivity contribution in [1.29, 1.82) is 0 Å². The van der Waals surface area contributed by atoms with Crippen LogP contribution in [0.4, 0.5) is 0 Å². The zero-order chi connectivity index (χ0) is 9.42. The van der Waals surface area contributed by atoms with Gasteiger partial charge in [0.1, 0.15) is 11.8 Å². The molecule has 0 spiro atoms. The van der Waals surface area contributed by atoms with Crippen LogP contribution < -0.4 is 5.69 Å². The third-order valence-corrected chi connectivity index (χ3v) is 1.89. The zero-order valence-electron chi connectivity index (χ0n) is 7.46. The first kappa shape index (κ1) is 7.97. The molecule has 0 aromatic carbocycles. The smallest absolute Gasteiger partial charge is 0.303 e. The van der Waals surface area contributed by atoms with Crippen LogP contribution in [0.5, 0.6) is 0 Å². The largest absolute Gasteiger partial charge is 0.325 e. The van der Waals surface area contributed by atoms with Gasteiger partial charge >= 0.3 is 5.69 Å². The Morgan fingerprint density at radius 1 is 1.31 bits per heavy atom. The van der Waals surface area contributed by atoms with Crippen LogP contribution >= 0.6 is 0 Å². The van der Waals surface area contributed by atoms with Gasteiger partial charge in [-0.2, -0.15) is 0 Å². The topological polar surface area (TPSA) is 74.4 Å². The quantitative estimate of drug-likeness (QED) is 0.677. The molecule has 0 bridgehead atoms. The molecule has 0 saturated heterocycles. The summed E-state index contributed by atoms with van der Waals surface area (Å²) in [4.78, 5) is 24.3. The molecule has 0 saturated carbocycles. The lowest BCUT2D eigenvalue weighted by atomic mass is 10.1. The van der Waals surface area contributed by atoms with Crippen molar-refractivity contribution < 1.29 is 0 Å². The molecule has 0 aliphatic heterocycles. The van der Waals surface area contributed by atoms with E-state index in [0.29, 0.717) is 11.2 Å². The lowest BCUT2D eigenvalue weighted by Crippen LogP contribution is -2.00. The zero-order valence-corrected chi connectivity index (χ0v) is 7.46. The number of hydrogen-bond donors (Lipinski definition) is 2. The second-order valence-electron chi connectivity index (χ2n) is 3.22. The summed E-state index contributed by atoms with van der Waals surface area (Å²) in [6.07, 6.45) is 1.46. The van der Waals surface area contributed by atoms with Crippen molar-refractivity contribution in [2.24, 2.45) is 0 Å². The SMILES string of the molecule is CC(C)c1ncnc2[nH]c(=O)[nH]c12. The van der Waals surface area contributed by atoms with E-state index in [0.717, 1.165) is 5.69 Å². The van der Waals surface area contributed by atoms with Crippen molar-refractivity contribution in [3.05, 3.63) is 22.5 Å². The van der Waals surface area contributed by atoms with Gasteiger partial charge in [-0.3, -0.25) is 4.98 Å². The fraction of sp³-hybridized carbons (Fsp3) is 0.375. The molecular weight excluding hydrogens is 168 g/mol. The number of imidazole rings is 1. The second kappa shape index (κ2) is 2.69. The summed E-state index contributed by atoms with van der Waals surface area (Å²) in [7, 11) is 0. The number of nitrogens with one attached hydrogen (secondary N) is 2. The summed E-state index contributed by atoms with van der Waals surface area (Å²) < 4.78 is 0. The van der Waals surface area contributed by atoms with Crippen LogP contribution in [0.3, 0.4) is 0 Å². The van der Waals surface area contributed by atoms with Gasteiger partial charge in [0.2, 0.25) is 0 Å². The van der Waals surface area contributed by atoms with Crippen molar-refractivity contribution in [2.45, 2.75) is 19.8 Å². The Balaban J connectivity index is 2.82. The molecule has 13 heavy (non-hydrogen) atoms. The molecule has 2 heterocycles. The summed E-state index contributed by atoms with van der Waals surface area (Å²) in [5, 5.41) is 0. The van der Waals surface area contributed by atoms with Crippen LogP contribution in [-0.2, 0) is 0 Å². The van der Waals surface area contributed by atoms with Crippen LogP contribution in [0, 0.1) is 0 Å². The van der Waals surface area contributed by atoms with E-state index in [1.54, 1.807) is 0 Å². The Hall–Kier alpha value is -1.65. The van der Waals surface area contributed by atoms with Gasteiger partial charge in [0.15, 0.2) is 5.65 Å². The molecule has 0 aliphatic rings. The molecule has 0 aliphatic carbocycles. The lowest BCUT2D eigenvalue weighted by Gasteiger charge is -2.02. The van der Waals surface area contributed by atoms with Crippen LogP contribution in [-0.4, -0.2) is 19.9 Å². The molecule has 2 N–H and O–H groups in total. The van der Waals surface area contributed by atoms with E-state index in [-0.39, 0.29) is 11.6 Å². The van der Waals surface area contributed by atoms with Gasteiger partial charge in [-0.05, 0) is 5.92 Å². The van der Waals surface area contributed by atoms with Crippen molar-refractivity contribution in [2.75, 3.05) is 0 Å². The molecule has 2 rings (SSSR count). The number of nitrogens with zero attached hydrogens (tertiary/aromatic N) is 2. The predicted molar refractivity (Wildman–Crippen MR) is 48.6 cm³/mol. The summed E-state index contributed by atoms with van der Waals surface area (Å²) in [6, 6.07) is 0. The van der Waals surface area contributed by atoms with Crippen molar-refractivity contribution in [3.8, 4) is 0 Å². The molecule has 0 amide bonds. The highest BCUT2D eigenvalue weighted by molar-refractivity contribution is 5.72. The minimum absolute atomic E-state index is 0.239. The standard InChI is InChI=1S/C8H10N4O/c1-4(2)5-6-7(10-3-9-5)12-8(13)11-6/h3-4H,1-2H3,(H2,9,10,11,12,13). The van der Waals surface area contributed by atoms with Gasteiger partial charge in [0.25, 0.3) is 0 Å². The van der Waals surface area contributed by atoms with E-state index < -0.39 is 0 Å². The van der Waals surface area contributed by atoms with E-state index in [1.807, 2.05) is 13.8 Å². The maximum Gasteiger partial charge on any atom is 0.325 e.